The fourth-order valence-electron chi connectivity index (χ4n) is 2.97. The molecule has 1 saturated heterocycles. The summed E-state index contributed by atoms with van der Waals surface area (Å²) in [5.74, 6) is -0.746. The minimum Gasteiger partial charge on any atom is -0.480 e. The van der Waals surface area contributed by atoms with Crippen molar-refractivity contribution in [3.05, 3.63) is 0 Å². The fourth-order valence-corrected chi connectivity index (χ4v) is 2.97. The number of amides is 1. The normalized spacial score (nSPS) is 34.2. The molecule has 0 aromatic carbocycles. The van der Waals surface area contributed by atoms with Gasteiger partial charge in [0.05, 0.1) is 6.54 Å². The lowest BCUT2D eigenvalue weighted by atomic mass is 10.0. The van der Waals surface area contributed by atoms with Crippen LogP contribution in [0.2, 0.25) is 0 Å². The van der Waals surface area contributed by atoms with Gasteiger partial charge < -0.3 is 15.7 Å². The molecule has 1 aliphatic carbocycles. The number of carboxylic acids is 1. The minimum absolute atomic E-state index is 0.0903. The van der Waals surface area contributed by atoms with E-state index in [4.69, 9.17) is 10.8 Å². The van der Waals surface area contributed by atoms with Gasteiger partial charge in [0.1, 0.15) is 6.04 Å². The van der Waals surface area contributed by atoms with Crippen LogP contribution in [0.4, 0.5) is 0 Å². The molecule has 3 atom stereocenters. The molecule has 2 rings (SSSR count). The van der Waals surface area contributed by atoms with Gasteiger partial charge in [-0.05, 0) is 25.2 Å². The Bertz CT molecular complexity index is 292. The van der Waals surface area contributed by atoms with E-state index in [2.05, 4.69) is 0 Å². The maximum Gasteiger partial charge on any atom is 0.326 e. The van der Waals surface area contributed by atoms with E-state index in [0.717, 1.165) is 19.3 Å². The maximum atomic E-state index is 11.6. The molecular formula is C10H16N2O3. The maximum absolute atomic E-state index is 11.6. The number of carbonyl (C=O) groups excluding carboxylic acids is 1. The van der Waals surface area contributed by atoms with Crippen molar-refractivity contribution in [2.45, 2.75) is 37.8 Å². The molecule has 5 nitrogen and oxygen atoms in total. The predicted molar refractivity (Wildman–Crippen MR) is 53.1 cm³/mol. The van der Waals surface area contributed by atoms with Crippen LogP contribution in [-0.2, 0) is 9.59 Å². The van der Waals surface area contributed by atoms with E-state index in [1.165, 1.54) is 4.90 Å². The van der Waals surface area contributed by atoms with E-state index in [0.29, 0.717) is 12.3 Å². The minimum atomic E-state index is -0.897. The molecule has 0 aromatic heterocycles. The van der Waals surface area contributed by atoms with Crippen LogP contribution in [0.1, 0.15) is 25.7 Å². The van der Waals surface area contributed by atoms with E-state index < -0.39 is 12.0 Å². The van der Waals surface area contributed by atoms with Gasteiger partial charge in [-0.15, -0.1) is 0 Å². The zero-order valence-electron chi connectivity index (χ0n) is 8.56. The summed E-state index contributed by atoms with van der Waals surface area (Å²) in [5.41, 5.74) is 5.31. The third-order valence-corrected chi connectivity index (χ3v) is 3.59. The second kappa shape index (κ2) is 3.81. The van der Waals surface area contributed by atoms with Crippen LogP contribution in [0.25, 0.3) is 0 Å². The molecule has 84 valence electrons. The second-order valence-corrected chi connectivity index (χ2v) is 4.35. The van der Waals surface area contributed by atoms with Gasteiger partial charge in [-0.1, -0.05) is 6.42 Å². The van der Waals surface area contributed by atoms with Crippen molar-refractivity contribution >= 4 is 11.9 Å². The topological polar surface area (TPSA) is 83.6 Å². The third kappa shape index (κ3) is 1.61. The smallest absolute Gasteiger partial charge is 0.326 e. The highest BCUT2D eigenvalue weighted by atomic mass is 16.4. The highest BCUT2D eigenvalue weighted by Gasteiger charge is 2.48. The van der Waals surface area contributed by atoms with Crippen molar-refractivity contribution in [1.29, 1.82) is 0 Å². The highest BCUT2D eigenvalue weighted by Crippen LogP contribution is 2.41. The van der Waals surface area contributed by atoms with Gasteiger partial charge in [0.2, 0.25) is 5.91 Å². The molecule has 0 aromatic rings. The summed E-state index contributed by atoms with van der Waals surface area (Å²) < 4.78 is 0. The molecule has 15 heavy (non-hydrogen) atoms. The highest BCUT2D eigenvalue weighted by molar-refractivity contribution is 5.85. The molecule has 1 saturated carbocycles. The Morgan fingerprint density at radius 1 is 1.40 bits per heavy atom. The molecule has 3 N–H and O–H groups in total. The lowest BCUT2D eigenvalue weighted by Gasteiger charge is -2.27. The number of hydrogen-bond acceptors (Lipinski definition) is 3. The van der Waals surface area contributed by atoms with Crippen molar-refractivity contribution in [3.63, 3.8) is 0 Å². The van der Waals surface area contributed by atoms with Crippen LogP contribution >= 0.6 is 0 Å². The average molecular weight is 212 g/mol. The summed E-state index contributed by atoms with van der Waals surface area (Å²) >= 11 is 0. The van der Waals surface area contributed by atoms with E-state index >= 15 is 0 Å². The standard InChI is InChI=1S/C10H16N2O3/c11-5-9(13)12-7-3-1-2-6(7)4-8(12)10(14)15/h6-8H,1-5,11H2,(H,14,15)/t6-,7-,8-/m0/s1. The summed E-state index contributed by atoms with van der Waals surface area (Å²) in [7, 11) is 0. The average Bonchev–Trinajstić information content (AvgIpc) is 2.74. The zero-order valence-corrected chi connectivity index (χ0v) is 8.56. The molecule has 1 aliphatic heterocycles. The first kappa shape index (κ1) is 10.4. The Morgan fingerprint density at radius 2 is 2.13 bits per heavy atom. The number of rotatable bonds is 2. The summed E-state index contributed by atoms with van der Waals surface area (Å²) in [5, 5.41) is 9.05. The number of carbonyl (C=O) groups is 2. The van der Waals surface area contributed by atoms with Gasteiger partial charge >= 0.3 is 5.97 Å². The predicted octanol–water partition coefficient (Wildman–Crippen LogP) is -0.201. The Hall–Kier alpha value is -1.10. The number of nitrogens with two attached hydrogens (primary N) is 1. The number of aliphatic carboxylic acids is 1. The molecule has 2 fully saturated rings. The van der Waals surface area contributed by atoms with Gasteiger partial charge in [-0.2, -0.15) is 0 Å². The quantitative estimate of drug-likeness (QED) is 0.664. The number of carboxylic acid groups (broad SMARTS) is 1. The lowest BCUT2D eigenvalue weighted by molar-refractivity contribution is -0.149. The van der Waals surface area contributed by atoms with Gasteiger partial charge in [0.25, 0.3) is 0 Å². The zero-order chi connectivity index (χ0) is 11.0. The third-order valence-electron chi connectivity index (χ3n) is 3.59. The van der Waals surface area contributed by atoms with Gasteiger partial charge in [0, 0.05) is 6.04 Å². The van der Waals surface area contributed by atoms with Crippen LogP contribution < -0.4 is 5.73 Å². The molecule has 0 spiro atoms. The van der Waals surface area contributed by atoms with Gasteiger partial charge in [-0.3, -0.25) is 4.79 Å². The summed E-state index contributed by atoms with van der Waals surface area (Å²) in [6.07, 6.45) is 3.67. The van der Waals surface area contributed by atoms with E-state index in [9.17, 15) is 9.59 Å². The van der Waals surface area contributed by atoms with Crippen LogP contribution in [0.5, 0.6) is 0 Å². The molecule has 1 amide bonds. The van der Waals surface area contributed by atoms with Crippen molar-refractivity contribution in [2.75, 3.05) is 6.54 Å². The first-order valence-electron chi connectivity index (χ1n) is 5.39. The van der Waals surface area contributed by atoms with Crippen LogP contribution in [0.3, 0.4) is 0 Å². The fraction of sp³-hybridized carbons (Fsp3) is 0.800. The Labute approximate surface area is 88.2 Å². The molecule has 0 unspecified atom stereocenters. The molecule has 5 heteroatoms. The number of likely N-dealkylation sites (tertiary alicyclic amines) is 1. The first-order chi connectivity index (χ1) is 7.15. The SMILES string of the molecule is NCC(=O)N1[C@H](C(=O)O)C[C@@H]2CCC[C@@H]21. The monoisotopic (exact) mass is 212 g/mol. The number of fused-ring (bicyclic) bond motifs is 1. The summed E-state index contributed by atoms with van der Waals surface area (Å²) in [4.78, 5) is 24.2. The molecular weight excluding hydrogens is 196 g/mol. The number of nitrogens with zero attached hydrogens (tertiary/aromatic N) is 1. The van der Waals surface area contributed by atoms with Gasteiger partial charge in [-0.25, -0.2) is 4.79 Å². The summed E-state index contributed by atoms with van der Waals surface area (Å²) in [6.45, 7) is -0.0903. The Kier molecular flexibility index (Phi) is 2.65. The first-order valence-corrected chi connectivity index (χ1v) is 5.39. The van der Waals surface area contributed by atoms with Crippen molar-refractivity contribution in [2.24, 2.45) is 11.7 Å². The second-order valence-electron chi connectivity index (χ2n) is 4.35. The largest absolute Gasteiger partial charge is 0.480 e. The molecule has 1 heterocycles. The van der Waals surface area contributed by atoms with Crippen molar-refractivity contribution in [3.8, 4) is 0 Å². The van der Waals surface area contributed by atoms with Crippen molar-refractivity contribution < 1.29 is 14.7 Å². The van der Waals surface area contributed by atoms with Crippen LogP contribution in [-0.4, -0.2) is 40.5 Å². The van der Waals surface area contributed by atoms with E-state index in [-0.39, 0.29) is 18.5 Å². The van der Waals surface area contributed by atoms with Crippen LogP contribution in [0.15, 0.2) is 0 Å². The molecule has 2 aliphatic rings. The Morgan fingerprint density at radius 3 is 2.73 bits per heavy atom. The Balaban J connectivity index is 2.20. The van der Waals surface area contributed by atoms with E-state index in [1.54, 1.807) is 0 Å². The van der Waals surface area contributed by atoms with E-state index in [1.807, 2.05) is 0 Å². The lowest BCUT2D eigenvalue weighted by Crippen LogP contribution is -2.47. The van der Waals surface area contributed by atoms with Crippen molar-refractivity contribution in [1.82, 2.24) is 4.90 Å². The molecule has 0 bridgehead atoms. The summed E-state index contributed by atoms with van der Waals surface area (Å²) in [6, 6.07) is -0.515. The molecule has 0 radical (unpaired) electrons. The van der Waals surface area contributed by atoms with Gasteiger partial charge in [0.15, 0.2) is 0 Å². The van der Waals surface area contributed by atoms with Crippen LogP contribution in [0, 0.1) is 5.92 Å². The number of hydrogen-bond donors (Lipinski definition) is 2.